The minimum absolute atomic E-state index is 0.0000822. The number of fused-ring (bicyclic) bond motifs is 1. The molecule has 2 aliphatic heterocycles. The number of hydrogen-bond donors (Lipinski definition) is 1. The summed E-state index contributed by atoms with van der Waals surface area (Å²) in [6, 6.07) is 7.44. The normalized spacial score (nSPS) is 21.3. The first-order chi connectivity index (χ1) is 11.3. The van der Waals surface area contributed by atoms with Crippen molar-refractivity contribution in [1.82, 2.24) is 4.90 Å². The van der Waals surface area contributed by atoms with E-state index in [0.717, 1.165) is 19.3 Å². The molecule has 1 saturated heterocycles. The zero-order valence-electron chi connectivity index (χ0n) is 13.3. The summed E-state index contributed by atoms with van der Waals surface area (Å²) in [5, 5.41) is 0. The van der Waals surface area contributed by atoms with Crippen LogP contribution in [-0.4, -0.2) is 55.9 Å². The summed E-state index contributed by atoms with van der Waals surface area (Å²) in [6.07, 6.45) is 2.28. The number of carbonyl (C=O) groups is 1. The molecule has 0 aliphatic carbocycles. The van der Waals surface area contributed by atoms with Crippen LogP contribution in [0.5, 0.6) is 11.5 Å². The molecule has 6 heteroatoms. The van der Waals surface area contributed by atoms with Crippen molar-refractivity contribution >= 4 is 5.91 Å². The van der Waals surface area contributed by atoms with E-state index >= 15 is 0 Å². The van der Waals surface area contributed by atoms with Crippen LogP contribution in [0.2, 0.25) is 0 Å². The molecule has 0 bridgehead atoms. The van der Waals surface area contributed by atoms with Gasteiger partial charge >= 0.3 is 0 Å². The van der Waals surface area contributed by atoms with Crippen molar-refractivity contribution in [2.45, 2.75) is 31.5 Å². The Balaban J connectivity index is 1.48. The third-order valence-electron chi connectivity index (χ3n) is 4.24. The summed E-state index contributed by atoms with van der Waals surface area (Å²) in [4.78, 5) is 14.4. The molecule has 1 aromatic carbocycles. The van der Waals surface area contributed by atoms with Crippen molar-refractivity contribution in [2.24, 2.45) is 5.73 Å². The Bertz CT molecular complexity index is 529. The predicted molar refractivity (Wildman–Crippen MR) is 85.6 cm³/mol. The van der Waals surface area contributed by atoms with E-state index in [1.165, 1.54) is 0 Å². The summed E-state index contributed by atoms with van der Waals surface area (Å²) < 4.78 is 17.2. The van der Waals surface area contributed by atoms with Gasteiger partial charge in [0.25, 0.3) is 5.91 Å². The van der Waals surface area contributed by atoms with Gasteiger partial charge < -0.3 is 24.8 Å². The van der Waals surface area contributed by atoms with Gasteiger partial charge in [0, 0.05) is 19.7 Å². The maximum Gasteiger partial charge on any atom is 0.267 e. The average Bonchev–Trinajstić information content (AvgIpc) is 2.61. The van der Waals surface area contributed by atoms with Gasteiger partial charge in [-0.25, -0.2) is 0 Å². The SMILES string of the molecule is NCCCOC1CCN(C(=O)C2COc3ccccc3O2)CC1. The second-order valence-electron chi connectivity index (χ2n) is 5.90. The molecule has 0 aromatic heterocycles. The van der Waals surface area contributed by atoms with Crippen molar-refractivity contribution in [3.8, 4) is 11.5 Å². The van der Waals surface area contributed by atoms with Gasteiger partial charge in [0.05, 0.1) is 6.10 Å². The number of amides is 1. The number of hydrogen-bond acceptors (Lipinski definition) is 5. The molecule has 2 heterocycles. The quantitative estimate of drug-likeness (QED) is 0.825. The summed E-state index contributed by atoms with van der Waals surface area (Å²) in [5.41, 5.74) is 5.46. The molecule has 2 aliphatic rings. The van der Waals surface area contributed by atoms with Crippen LogP contribution < -0.4 is 15.2 Å². The molecule has 1 unspecified atom stereocenters. The van der Waals surface area contributed by atoms with Gasteiger partial charge in [-0.2, -0.15) is 0 Å². The second-order valence-corrected chi connectivity index (χ2v) is 5.90. The Morgan fingerprint density at radius 3 is 2.74 bits per heavy atom. The van der Waals surface area contributed by atoms with Crippen LogP contribution in [0.1, 0.15) is 19.3 Å². The van der Waals surface area contributed by atoms with Crippen molar-refractivity contribution in [1.29, 1.82) is 0 Å². The minimum Gasteiger partial charge on any atom is -0.485 e. The number of likely N-dealkylation sites (tertiary alicyclic amines) is 1. The Kier molecular flexibility index (Phi) is 5.35. The molecule has 0 radical (unpaired) electrons. The topological polar surface area (TPSA) is 74.0 Å². The fourth-order valence-corrected chi connectivity index (χ4v) is 2.92. The van der Waals surface area contributed by atoms with Crippen molar-refractivity contribution in [3.05, 3.63) is 24.3 Å². The highest BCUT2D eigenvalue weighted by molar-refractivity contribution is 5.82. The zero-order valence-corrected chi connectivity index (χ0v) is 13.3. The number of benzene rings is 1. The number of rotatable bonds is 5. The first-order valence-corrected chi connectivity index (χ1v) is 8.27. The number of nitrogens with two attached hydrogens (primary N) is 1. The summed E-state index contributed by atoms with van der Waals surface area (Å²) >= 11 is 0. The lowest BCUT2D eigenvalue weighted by atomic mass is 10.1. The van der Waals surface area contributed by atoms with Crippen LogP contribution in [-0.2, 0) is 9.53 Å². The molecule has 2 N–H and O–H groups in total. The summed E-state index contributed by atoms with van der Waals surface area (Å²) in [5.74, 6) is 1.33. The largest absolute Gasteiger partial charge is 0.485 e. The highest BCUT2D eigenvalue weighted by Crippen LogP contribution is 2.31. The fourth-order valence-electron chi connectivity index (χ4n) is 2.92. The lowest BCUT2D eigenvalue weighted by Gasteiger charge is -2.35. The monoisotopic (exact) mass is 320 g/mol. The molecule has 23 heavy (non-hydrogen) atoms. The molecule has 6 nitrogen and oxygen atoms in total. The van der Waals surface area contributed by atoms with E-state index in [1.54, 1.807) is 0 Å². The number of ether oxygens (including phenoxy) is 3. The van der Waals surface area contributed by atoms with Gasteiger partial charge in [-0.3, -0.25) is 4.79 Å². The molecule has 0 saturated carbocycles. The van der Waals surface area contributed by atoms with Crippen LogP contribution in [0.15, 0.2) is 24.3 Å². The smallest absolute Gasteiger partial charge is 0.267 e. The lowest BCUT2D eigenvalue weighted by molar-refractivity contribution is -0.143. The fraction of sp³-hybridized carbons (Fsp3) is 0.588. The van der Waals surface area contributed by atoms with E-state index < -0.39 is 6.10 Å². The van der Waals surface area contributed by atoms with Gasteiger partial charge in [0.1, 0.15) is 6.61 Å². The highest BCUT2D eigenvalue weighted by atomic mass is 16.6. The van der Waals surface area contributed by atoms with Gasteiger partial charge in [0.15, 0.2) is 11.5 Å². The van der Waals surface area contributed by atoms with Crippen molar-refractivity contribution in [2.75, 3.05) is 32.8 Å². The number of para-hydroxylation sites is 2. The van der Waals surface area contributed by atoms with E-state index in [9.17, 15) is 4.79 Å². The van der Waals surface area contributed by atoms with E-state index in [2.05, 4.69) is 0 Å². The summed E-state index contributed by atoms with van der Waals surface area (Å²) in [6.45, 7) is 3.02. The molecule has 1 atom stereocenters. The Hall–Kier alpha value is -1.79. The molecular formula is C17H24N2O4. The maximum absolute atomic E-state index is 12.6. The maximum atomic E-state index is 12.6. The number of piperidine rings is 1. The van der Waals surface area contributed by atoms with Gasteiger partial charge in [-0.15, -0.1) is 0 Å². The third kappa shape index (κ3) is 3.95. The first-order valence-electron chi connectivity index (χ1n) is 8.27. The number of carbonyl (C=O) groups excluding carboxylic acids is 1. The molecule has 0 spiro atoms. The lowest BCUT2D eigenvalue weighted by Crippen LogP contribution is -2.50. The second kappa shape index (κ2) is 7.66. The van der Waals surface area contributed by atoms with Crippen molar-refractivity contribution < 1.29 is 19.0 Å². The van der Waals surface area contributed by atoms with Crippen LogP contribution in [0.25, 0.3) is 0 Å². The molecular weight excluding hydrogens is 296 g/mol. The Labute approximate surface area is 136 Å². The molecule has 1 aromatic rings. The van der Waals surface area contributed by atoms with Crippen LogP contribution in [0.4, 0.5) is 0 Å². The van der Waals surface area contributed by atoms with E-state index in [0.29, 0.717) is 37.7 Å². The van der Waals surface area contributed by atoms with E-state index in [-0.39, 0.29) is 18.6 Å². The van der Waals surface area contributed by atoms with Crippen LogP contribution in [0.3, 0.4) is 0 Å². The average molecular weight is 320 g/mol. The van der Waals surface area contributed by atoms with Gasteiger partial charge in [0.2, 0.25) is 6.10 Å². The molecule has 126 valence electrons. The third-order valence-corrected chi connectivity index (χ3v) is 4.24. The predicted octanol–water partition coefficient (Wildman–Crippen LogP) is 1.18. The van der Waals surface area contributed by atoms with Gasteiger partial charge in [-0.1, -0.05) is 12.1 Å². The van der Waals surface area contributed by atoms with E-state index in [4.69, 9.17) is 19.9 Å². The van der Waals surface area contributed by atoms with Crippen LogP contribution in [0, 0.1) is 0 Å². The standard InChI is InChI=1S/C17H24N2O4/c18-8-3-11-21-13-6-9-19(10-7-13)17(20)16-12-22-14-4-1-2-5-15(14)23-16/h1-2,4-5,13,16H,3,6-12,18H2. The molecule has 1 fully saturated rings. The highest BCUT2D eigenvalue weighted by Gasteiger charge is 2.33. The van der Waals surface area contributed by atoms with E-state index in [1.807, 2.05) is 29.2 Å². The van der Waals surface area contributed by atoms with Crippen LogP contribution >= 0.6 is 0 Å². The Morgan fingerprint density at radius 1 is 1.26 bits per heavy atom. The molecule has 3 rings (SSSR count). The molecule has 1 amide bonds. The minimum atomic E-state index is -0.556. The summed E-state index contributed by atoms with van der Waals surface area (Å²) in [7, 11) is 0. The van der Waals surface area contributed by atoms with Crippen molar-refractivity contribution in [3.63, 3.8) is 0 Å². The first kappa shape index (κ1) is 16.1. The zero-order chi connectivity index (χ0) is 16.1. The van der Waals surface area contributed by atoms with Gasteiger partial charge in [-0.05, 0) is 37.9 Å². The Morgan fingerprint density at radius 2 is 2.00 bits per heavy atom. The number of nitrogens with zero attached hydrogens (tertiary/aromatic N) is 1.